The van der Waals surface area contributed by atoms with Gasteiger partial charge in [0.2, 0.25) is 0 Å². The smallest absolute Gasteiger partial charge is 0.0489 e. The number of hydrogen-bond donors (Lipinski definition) is 0. The van der Waals surface area contributed by atoms with Gasteiger partial charge in [0.1, 0.15) is 0 Å². The van der Waals surface area contributed by atoms with Crippen molar-refractivity contribution in [2.45, 2.75) is 52.5 Å². The van der Waals surface area contributed by atoms with Crippen LogP contribution in [0.2, 0.25) is 0 Å². The molecule has 2 heterocycles. The Labute approximate surface area is 118 Å². The van der Waals surface area contributed by atoms with Crippen LogP contribution < -0.4 is 0 Å². The summed E-state index contributed by atoms with van der Waals surface area (Å²) in [4.78, 5) is 2.66. The normalized spacial score (nSPS) is 18.3. The number of nitrogens with zero attached hydrogens (tertiary/aromatic N) is 3. The maximum absolute atomic E-state index is 4.28. The molecule has 1 aliphatic heterocycles. The van der Waals surface area contributed by atoms with Gasteiger partial charge in [0.05, 0.1) is 0 Å². The van der Waals surface area contributed by atoms with Gasteiger partial charge in [-0.3, -0.25) is 4.68 Å². The Morgan fingerprint density at radius 1 is 1.21 bits per heavy atom. The van der Waals surface area contributed by atoms with Crippen LogP contribution >= 0.6 is 0 Å². The van der Waals surface area contributed by atoms with Crippen LogP contribution in [0.4, 0.5) is 0 Å². The maximum Gasteiger partial charge on any atom is 0.0489 e. The second-order valence-corrected chi connectivity index (χ2v) is 6.38. The van der Waals surface area contributed by atoms with Gasteiger partial charge in [0.15, 0.2) is 0 Å². The molecular weight excluding hydrogens is 234 g/mol. The van der Waals surface area contributed by atoms with Crippen molar-refractivity contribution in [3.63, 3.8) is 0 Å². The number of hydrogen-bond acceptors (Lipinski definition) is 2. The fraction of sp³-hybridized carbons (Fsp3) is 0.812. The molecule has 108 valence electrons. The summed E-state index contributed by atoms with van der Waals surface area (Å²) < 4.78 is 2.06. The SMILES string of the molecule is CC(C)CCCN1CCC(CCn2cccn2)CC1. The molecule has 0 radical (unpaired) electrons. The summed E-state index contributed by atoms with van der Waals surface area (Å²) in [6, 6.07) is 2.01. The summed E-state index contributed by atoms with van der Waals surface area (Å²) in [7, 11) is 0. The molecule has 1 aromatic heterocycles. The summed E-state index contributed by atoms with van der Waals surface area (Å²) in [6.45, 7) is 9.65. The lowest BCUT2D eigenvalue weighted by Gasteiger charge is -2.32. The Hall–Kier alpha value is -0.830. The molecule has 0 saturated carbocycles. The monoisotopic (exact) mass is 263 g/mol. The van der Waals surface area contributed by atoms with E-state index in [2.05, 4.69) is 34.7 Å². The van der Waals surface area contributed by atoms with E-state index in [0.29, 0.717) is 0 Å². The molecule has 1 fully saturated rings. The molecule has 1 aliphatic rings. The fourth-order valence-corrected chi connectivity index (χ4v) is 2.97. The number of rotatable bonds is 7. The highest BCUT2D eigenvalue weighted by Gasteiger charge is 2.18. The molecule has 3 nitrogen and oxygen atoms in total. The third kappa shape index (κ3) is 5.35. The van der Waals surface area contributed by atoms with E-state index in [9.17, 15) is 0 Å². The molecule has 1 aromatic rings. The van der Waals surface area contributed by atoms with Gasteiger partial charge in [0, 0.05) is 18.9 Å². The van der Waals surface area contributed by atoms with Crippen molar-refractivity contribution in [2.75, 3.05) is 19.6 Å². The Morgan fingerprint density at radius 2 is 2.00 bits per heavy atom. The van der Waals surface area contributed by atoms with E-state index in [0.717, 1.165) is 18.4 Å². The van der Waals surface area contributed by atoms with Crippen molar-refractivity contribution in [1.82, 2.24) is 14.7 Å². The standard InChI is InChI=1S/C16H29N3/c1-15(2)5-3-10-18-12-6-16(7-13-18)8-14-19-11-4-9-17-19/h4,9,11,15-16H,3,5-8,10,12-14H2,1-2H3. The number of likely N-dealkylation sites (tertiary alicyclic amines) is 1. The Bertz CT molecular complexity index is 324. The van der Waals surface area contributed by atoms with Crippen LogP contribution in [0, 0.1) is 11.8 Å². The molecule has 3 heteroatoms. The first-order valence-corrected chi connectivity index (χ1v) is 7.94. The third-order valence-corrected chi connectivity index (χ3v) is 4.29. The van der Waals surface area contributed by atoms with E-state index in [1.54, 1.807) is 0 Å². The van der Waals surface area contributed by atoms with Crippen LogP contribution in [0.25, 0.3) is 0 Å². The lowest BCUT2D eigenvalue weighted by molar-refractivity contribution is 0.171. The van der Waals surface area contributed by atoms with Crippen LogP contribution in [-0.4, -0.2) is 34.3 Å². The molecule has 0 aliphatic carbocycles. The molecule has 0 amide bonds. The van der Waals surface area contributed by atoms with Crippen LogP contribution in [-0.2, 0) is 6.54 Å². The minimum atomic E-state index is 0.853. The lowest BCUT2D eigenvalue weighted by atomic mass is 9.93. The van der Waals surface area contributed by atoms with Gasteiger partial charge in [-0.15, -0.1) is 0 Å². The zero-order valence-corrected chi connectivity index (χ0v) is 12.6. The molecule has 2 rings (SSSR count). The number of aryl methyl sites for hydroxylation is 1. The molecule has 0 atom stereocenters. The zero-order chi connectivity index (χ0) is 13.5. The quantitative estimate of drug-likeness (QED) is 0.751. The van der Waals surface area contributed by atoms with Crippen LogP contribution in [0.3, 0.4) is 0 Å². The van der Waals surface area contributed by atoms with Crippen LogP contribution in [0.1, 0.15) is 46.0 Å². The van der Waals surface area contributed by atoms with Crippen molar-refractivity contribution in [2.24, 2.45) is 11.8 Å². The Morgan fingerprint density at radius 3 is 2.63 bits per heavy atom. The van der Waals surface area contributed by atoms with Crippen molar-refractivity contribution in [3.05, 3.63) is 18.5 Å². The van der Waals surface area contributed by atoms with E-state index < -0.39 is 0 Å². The zero-order valence-electron chi connectivity index (χ0n) is 12.6. The second-order valence-electron chi connectivity index (χ2n) is 6.38. The molecule has 0 unspecified atom stereocenters. The summed E-state index contributed by atoms with van der Waals surface area (Å²) in [5, 5.41) is 4.28. The average molecular weight is 263 g/mol. The predicted octanol–water partition coefficient (Wildman–Crippen LogP) is 3.42. The number of aromatic nitrogens is 2. The van der Waals surface area contributed by atoms with Gasteiger partial charge in [0.25, 0.3) is 0 Å². The highest BCUT2D eigenvalue weighted by atomic mass is 15.3. The predicted molar refractivity (Wildman–Crippen MR) is 80.1 cm³/mol. The van der Waals surface area contributed by atoms with Gasteiger partial charge in [-0.05, 0) is 69.6 Å². The van der Waals surface area contributed by atoms with Crippen LogP contribution in [0.15, 0.2) is 18.5 Å². The maximum atomic E-state index is 4.28. The summed E-state index contributed by atoms with van der Waals surface area (Å²) in [6.07, 6.45) is 10.7. The molecule has 19 heavy (non-hydrogen) atoms. The molecular formula is C16H29N3. The van der Waals surface area contributed by atoms with Crippen LogP contribution in [0.5, 0.6) is 0 Å². The molecule has 0 N–H and O–H groups in total. The van der Waals surface area contributed by atoms with E-state index in [1.807, 2.05) is 12.3 Å². The van der Waals surface area contributed by atoms with Crippen molar-refractivity contribution in [1.29, 1.82) is 0 Å². The molecule has 0 bridgehead atoms. The van der Waals surface area contributed by atoms with Gasteiger partial charge in [-0.2, -0.15) is 5.10 Å². The largest absolute Gasteiger partial charge is 0.303 e. The topological polar surface area (TPSA) is 21.1 Å². The van der Waals surface area contributed by atoms with E-state index >= 15 is 0 Å². The van der Waals surface area contributed by atoms with E-state index in [1.165, 1.54) is 51.7 Å². The van der Waals surface area contributed by atoms with E-state index in [-0.39, 0.29) is 0 Å². The van der Waals surface area contributed by atoms with Gasteiger partial charge >= 0.3 is 0 Å². The minimum absolute atomic E-state index is 0.853. The van der Waals surface area contributed by atoms with Crippen molar-refractivity contribution >= 4 is 0 Å². The Balaban J connectivity index is 1.57. The fourth-order valence-electron chi connectivity index (χ4n) is 2.97. The molecule has 0 spiro atoms. The minimum Gasteiger partial charge on any atom is -0.303 e. The van der Waals surface area contributed by atoms with E-state index in [4.69, 9.17) is 0 Å². The van der Waals surface area contributed by atoms with Gasteiger partial charge in [-0.1, -0.05) is 13.8 Å². The number of piperidine rings is 1. The van der Waals surface area contributed by atoms with Gasteiger partial charge in [-0.25, -0.2) is 0 Å². The highest BCUT2D eigenvalue weighted by Crippen LogP contribution is 2.21. The first-order chi connectivity index (χ1) is 9.24. The Kier molecular flexibility index (Phi) is 5.90. The van der Waals surface area contributed by atoms with Gasteiger partial charge < -0.3 is 4.90 Å². The summed E-state index contributed by atoms with van der Waals surface area (Å²) >= 11 is 0. The highest BCUT2D eigenvalue weighted by molar-refractivity contribution is 4.78. The third-order valence-electron chi connectivity index (χ3n) is 4.29. The second kappa shape index (κ2) is 7.68. The van der Waals surface area contributed by atoms with Crippen molar-refractivity contribution < 1.29 is 0 Å². The summed E-state index contributed by atoms with van der Waals surface area (Å²) in [5.74, 6) is 1.76. The summed E-state index contributed by atoms with van der Waals surface area (Å²) in [5.41, 5.74) is 0. The first kappa shape index (κ1) is 14.6. The lowest BCUT2D eigenvalue weighted by Crippen LogP contribution is -2.34. The van der Waals surface area contributed by atoms with Crippen molar-refractivity contribution in [3.8, 4) is 0 Å². The average Bonchev–Trinajstić information content (AvgIpc) is 2.90. The first-order valence-electron chi connectivity index (χ1n) is 7.94. The molecule has 1 saturated heterocycles. The molecule has 0 aromatic carbocycles.